The maximum atomic E-state index is 14.4. The minimum Gasteiger partial charge on any atom is -0.456 e. The second kappa shape index (κ2) is 14.4. The van der Waals surface area contributed by atoms with E-state index in [4.69, 9.17) is 37.9 Å². The number of hydrogen-bond acceptors (Lipinski definition) is 12. The second-order valence-electron chi connectivity index (χ2n) is 19.5. The van der Waals surface area contributed by atoms with Gasteiger partial charge in [0.15, 0.2) is 23.8 Å². The number of carbonyl (C=O) groups excluding carboxylic acids is 3. The molecule has 13 nitrogen and oxygen atoms in total. The number of esters is 2. The Morgan fingerprint density at radius 3 is 2.19 bits per heavy atom. The van der Waals surface area contributed by atoms with Gasteiger partial charge in [0.05, 0.1) is 24.9 Å². The topological polar surface area (TPSA) is 157 Å². The SMILES string of the molecule is CC(=O)O[C@@]12CO[C@@H]1CC[C@]1(C)C2[C@@H]2O[C@H](c3ccccc3)O[C@]23C[C@H](OC(=O)[C@H](O)[C@@H](NC(=O)OC(C)(C)C)c2ccccc2)C(C)=C([C@H]2OC(C)(C)O[C@@H]21)C3(C)C. The summed E-state index contributed by atoms with van der Waals surface area (Å²) in [6.45, 7) is 18.9. The lowest BCUT2D eigenvalue weighted by atomic mass is 9.45. The van der Waals surface area contributed by atoms with Crippen LogP contribution >= 0.6 is 0 Å². The molecule has 1 spiro atoms. The van der Waals surface area contributed by atoms with E-state index in [2.05, 4.69) is 26.1 Å². The van der Waals surface area contributed by atoms with E-state index in [1.807, 2.05) is 51.1 Å². The third-order valence-corrected chi connectivity index (χ3v) is 13.8. The van der Waals surface area contributed by atoms with Gasteiger partial charge in [0.25, 0.3) is 0 Å². The Hall–Kier alpha value is -3.85. The molecule has 2 bridgehead atoms. The first-order valence-corrected chi connectivity index (χ1v) is 20.8. The molecule has 3 heterocycles. The zero-order chi connectivity index (χ0) is 42.5. The molecule has 2 aromatic rings. The molecule has 1 amide bonds. The summed E-state index contributed by atoms with van der Waals surface area (Å²) in [5.74, 6) is -2.91. The quantitative estimate of drug-likeness (QED) is 0.172. The molecule has 8 rings (SSSR count). The summed E-state index contributed by atoms with van der Waals surface area (Å²) in [5, 5.41) is 14.6. The van der Waals surface area contributed by atoms with Crippen LogP contribution in [0.2, 0.25) is 0 Å². The minimum atomic E-state index is -1.83. The fourth-order valence-corrected chi connectivity index (χ4v) is 11.3. The molecule has 3 aliphatic heterocycles. The molecule has 6 aliphatic rings. The molecule has 3 saturated heterocycles. The van der Waals surface area contributed by atoms with Crippen LogP contribution in [0.1, 0.15) is 112 Å². The van der Waals surface area contributed by atoms with Crippen LogP contribution in [0.25, 0.3) is 0 Å². The third kappa shape index (κ3) is 6.80. The lowest BCUT2D eigenvalue weighted by Crippen LogP contribution is -2.78. The summed E-state index contributed by atoms with van der Waals surface area (Å²) in [6.07, 6.45) is -5.27. The maximum Gasteiger partial charge on any atom is 0.408 e. The number of rotatable bonds is 7. The first-order valence-electron chi connectivity index (χ1n) is 20.8. The van der Waals surface area contributed by atoms with E-state index in [0.717, 1.165) is 16.7 Å². The van der Waals surface area contributed by atoms with Gasteiger partial charge in [-0.15, -0.1) is 0 Å². The first kappa shape index (κ1) is 41.9. The van der Waals surface area contributed by atoms with E-state index >= 15 is 0 Å². The van der Waals surface area contributed by atoms with Crippen molar-refractivity contribution in [3.8, 4) is 0 Å². The van der Waals surface area contributed by atoms with Crippen molar-refractivity contribution < 1.29 is 57.4 Å². The van der Waals surface area contributed by atoms with E-state index in [1.54, 1.807) is 51.1 Å². The summed E-state index contributed by atoms with van der Waals surface area (Å²) in [5.41, 5.74) is -1.77. The fourth-order valence-electron chi connectivity index (χ4n) is 11.3. The third-order valence-electron chi connectivity index (χ3n) is 13.8. The monoisotopic (exact) mass is 817 g/mol. The highest BCUT2D eigenvalue weighted by Gasteiger charge is 2.79. The lowest BCUT2D eigenvalue weighted by molar-refractivity contribution is -0.337. The summed E-state index contributed by atoms with van der Waals surface area (Å²) in [6, 6.07) is 17.2. The predicted molar refractivity (Wildman–Crippen MR) is 212 cm³/mol. The van der Waals surface area contributed by atoms with Crippen LogP contribution in [0, 0.1) is 16.7 Å². The highest BCUT2D eigenvalue weighted by molar-refractivity contribution is 5.78. The summed E-state index contributed by atoms with van der Waals surface area (Å²) >= 11 is 0. The normalized spacial score (nSPS) is 37.4. The zero-order valence-corrected chi connectivity index (χ0v) is 35.7. The summed E-state index contributed by atoms with van der Waals surface area (Å²) in [7, 11) is 0. The molecule has 12 atom stereocenters. The molecule has 13 heteroatoms. The van der Waals surface area contributed by atoms with Crippen molar-refractivity contribution >= 4 is 18.0 Å². The Labute approximate surface area is 346 Å². The summed E-state index contributed by atoms with van der Waals surface area (Å²) in [4.78, 5) is 40.7. The number of aliphatic hydroxyl groups is 1. The Balaban J connectivity index is 1.27. The number of ether oxygens (including phenoxy) is 8. The Morgan fingerprint density at radius 1 is 0.915 bits per heavy atom. The average molecular weight is 818 g/mol. The lowest BCUT2D eigenvalue weighted by Gasteiger charge is -2.67. The van der Waals surface area contributed by atoms with E-state index < -0.39 is 100 Å². The molecule has 5 fully saturated rings. The second-order valence-corrected chi connectivity index (χ2v) is 19.5. The summed E-state index contributed by atoms with van der Waals surface area (Å²) < 4.78 is 53.2. The van der Waals surface area contributed by atoms with Crippen molar-refractivity contribution in [2.75, 3.05) is 6.61 Å². The van der Waals surface area contributed by atoms with Crippen molar-refractivity contribution in [2.45, 2.75) is 160 Å². The number of benzene rings is 2. The van der Waals surface area contributed by atoms with E-state index in [9.17, 15) is 19.5 Å². The molecular weight excluding hydrogens is 759 g/mol. The first-order chi connectivity index (χ1) is 27.6. The minimum absolute atomic E-state index is 0.132. The highest BCUT2D eigenvalue weighted by atomic mass is 16.8. The molecule has 320 valence electrons. The van der Waals surface area contributed by atoms with Crippen LogP contribution in [0.3, 0.4) is 0 Å². The van der Waals surface area contributed by atoms with Crippen molar-refractivity contribution in [1.29, 1.82) is 0 Å². The Kier molecular flexibility index (Phi) is 10.2. The molecule has 59 heavy (non-hydrogen) atoms. The zero-order valence-electron chi connectivity index (χ0n) is 35.7. The van der Waals surface area contributed by atoms with Gasteiger partial charge in [0.1, 0.15) is 29.5 Å². The molecule has 2 saturated carbocycles. The fraction of sp³-hybridized carbons (Fsp3) is 0.630. The van der Waals surface area contributed by atoms with Gasteiger partial charge >= 0.3 is 18.0 Å². The largest absolute Gasteiger partial charge is 0.456 e. The number of hydrogen-bond donors (Lipinski definition) is 2. The molecule has 0 aromatic heterocycles. The molecule has 1 unspecified atom stereocenters. The molecule has 2 N–H and O–H groups in total. The Bertz CT molecular complexity index is 1990. The van der Waals surface area contributed by atoms with E-state index in [1.165, 1.54) is 6.92 Å². The van der Waals surface area contributed by atoms with Crippen molar-refractivity contribution in [1.82, 2.24) is 5.32 Å². The number of aliphatic hydroxyl groups excluding tert-OH is 1. The van der Waals surface area contributed by atoms with Gasteiger partial charge in [-0.1, -0.05) is 81.4 Å². The van der Waals surface area contributed by atoms with Crippen LogP contribution in [0.5, 0.6) is 0 Å². The maximum absolute atomic E-state index is 14.4. The number of amides is 1. The smallest absolute Gasteiger partial charge is 0.408 e. The van der Waals surface area contributed by atoms with Gasteiger partial charge in [-0.2, -0.15) is 0 Å². The number of fused-ring (bicyclic) bond motifs is 8. The predicted octanol–water partition coefficient (Wildman–Crippen LogP) is 6.78. The van der Waals surface area contributed by atoms with Gasteiger partial charge in [-0.25, -0.2) is 9.59 Å². The van der Waals surface area contributed by atoms with E-state index in [-0.39, 0.29) is 19.1 Å². The molecule has 0 radical (unpaired) electrons. The van der Waals surface area contributed by atoms with Crippen LogP contribution in [0.4, 0.5) is 4.79 Å². The van der Waals surface area contributed by atoms with Gasteiger partial charge < -0.3 is 48.3 Å². The van der Waals surface area contributed by atoms with Crippen LogP contribution in [0.15, 0.2) is 71.8 Å². The number of alkyl carbamates (subject to hydrolysis) is 1. The van der Waals surface area contributed by atoms with Crippen molar-refractivity contribution in [3.63, 3.8) is 0 Å². The van der Waals surface area contributed by atoms with E-state index in [0.29, 0.717) is 18.4 Å². The highest BCUT2D eigenvalue weighted by Crippen LogP contribution is 2.70. The van der Waals surface area contributed by atoms with Gasteiger partial charge in [-0.3, -0.25) is 4.79 Å². The molecule has 2 aromatic carbocycles. The van der Waals surface area contributed by atoms with Gasteiger partial charge in [-0.05, 0) is 71.1 Å². The standard InChI is InChI=1S/C46H59NO12/c1-25-29(53-38(50)33(49)32(27-17-13-11-14-18-27)47-40(51)59-41(3,4)5)23-46-37(54-39(58-46)28-19-15-12-16-20-28)35-44(10,22-21-30-45(35,24-52-30)55-26(2)48)36-34(31(25)42(46,6)7)56-43(8,9)57-36/h11-20,29-30,32-37,39,49H,21-24H2,1-10H3,(H,47,51)/t29-,30+,32-,33+,34+,35?,36-,37-,39-,44+,45-,46+/m0/s1. The van der Waals surface area contributed by atoms with Crippen LogP contribution in [-0.2, 0) is 47.5 Å². The van der Waals surface area contributed by atoms with Crippen molar-refractivity contribution in [3.05, 3.63) is 82.9 Å². The van der Waals surface area contributed by atoms with Gasteiger partial charge in [0, 0.05) is 35.7 Å². The number of carbonyl (C=O) groups is 3. The van der Waals surface area contributed by atoms with Crippen LogP contribution in [-0.4, -0.2) is 89.0 Å². The average Bonchev–Trinajstić information content (AvgIpc) is 3.68. The van der Waals surface area contributed by atoms with Crippen molar-refractivity contribution in [2.24, 2.45) is 16.7 Å². The molecule has 3 aliphatic carbocycles. The van der Waals surface area contributed by atoms with Gasteiger partial charge in [0.2, 0.25) is 0 Å². The Morgan fingerprint density at radius 2 is 1.58 bits per heavy atom. The number of nitrogens with one attached hydrogen (secondary N) is 1. The molecular formula is C46H59NO12. The van der Waals surface area contributed by atoms with Crippen LogP contribution < -0.4 is 5.32 Å².